The van der Waals surface area contributed by atoms with Gasteiger partial charge in [-0.05, 0) is 31.2 Å². The second kappa shape index (κ2) is 7.96. The van der Waals surface area contributed by atoms with E-state index in [0.29, 0.717) is 18.1 Å². The average molecular weight is 346 g/mol. The molecule has 0 atom stereocenters. The Morgan fingerprint density at radius 3 is 2.95 bits per heavy atom. The van der Waals surface area contributed by atoms with Gasteiger partial charge >= 0.3 is 5.97 Å². The van der Waals surface area contributed by atoms with Crippen LogP contribution in [0.15, 0.2) is 33.7 Å². The molecule has 0 amide bonds. The number of benzene rings is 1. The number of nitrogens with two attached hydrogens (primary N) is 1. The van der Waals surface area contributed by atoms with Gasteiger partial charge in [0.15, 0.2) is 0 Å². The quantitative estimate of drug-likeness (QED) is 0.293. The predicted octanol–water partition coefficient (Wildman–Crippen LogP) is 3.25. The number of carbonyl (C=O) groups is 1. The lowest BCUT2D eigenvalue weighted by Crippen LogP contribution is -2.12. The molecule has 0 aliphatic heterocycles. The van der Waals surface area contributed by atoms with Gasteiger partial charge in [0, 0.05) is 16.1 Å². The van der Waals surface area contributed by atoms with Gasteiger partial charge < -0.3 is 10.5 Å². The number of hydrogen-bond donors (Lipinski definition) is 1. The van der Waals surface area contributed by atoms with Crippen molar-refractivity contribution in [1.29, 1.82) is 0 Å². The molecule has 0 aliphatic rings. The number of rotatable bonds is 5. The summed E-state index contributed by atoms with van der Waals surface area (Å²) in [7, 11) is 0. The normalized spacial score (nSPS) is 11.8. The van der Waals surface area contributed by atoms with Crippen LogP contribution < -0.4 is 5.73 Å². The summed E-state index contributed by atoms with van der Waals surface area (Å²) in [5.74, 6) is 0.0642. The Morgan fingerprint density at radius 2 is 2.32 bits per heavy atom. The highest BCUT2D eigenvalue weighted by Crippen LogP contribution is 2.25. The van der Waals surface area contributed by atoms with Crippen LogP contribution in [0.25, 0.3) is 6.08 Å². The van der Waals surface area contributed by atoms with E-state index in [4.69, 9.17) is 22.1 Å². The number of esters is 1. The van der Waals surface area contributed by atoms with Gasteiger partial charge in [0.1, 0.15) is 5.84 Å². The maximum absolute atomic E-state index is 11.3. The smallest absolute Gasteiger partial charge is 0.330 e. The molecule has 0 spiro atoms. The molecule has 0 saturated heterocycles. The summed E-state index contributed by atoms with van der Waals surface area (Å²) < 4.78 is 5.69. The van der Waals surface area contributed by atoms with Crippen molar-refractivity contribution in [3.63, 3.8) is 0 Å². The number of ether oxygens (including phenoxy) is 1. The van der Waals surface area contributed by atoms with Crippen molar-refractivity contribution in [2.24, 2.45) is 10.7 Å². The first-order valence-corrected chi connectivity index (χ1v) is 6.93. The minimum atomic E-state index is -0.400. The van der Waals surface area contributed by atoms with Gasteiger partial charge in [-0.25, -0.2) is 9.79 Å². The van der Waals surface area contributed by atoms with E-state index < -0.39 is 5.97 Å². The Morgan fingerprint density at radius 1 is 1.58 bits per heavy atom. The molecule has 0 aliphatic carbocycles. The second-order valence-electron chi connectivity index (χ2n) is 3.53. The first-order valence-electron chi connectivity index (χ1n) is 5.60. The number of nitrogens with zero attached hydrogens (tertiary/aromatic N) is 1. The molecule has 2 N–H and O–H groups in total. The van der Waals surface area contributed by atoms with Crippen LogP contribution in [0.3, 0.4) is 0 Å². The van der Waals surface area contributed by atoms with Crippen molar-refractivity contribution in [2.75, 3.05) is 12.5 Å². The largest absolute Gasteiger partial charge is 0.463 e. The third-order valence-corrected chi connectivity index (χ3v) is 2.84. The number of amidine groups is 1. The summed E-state index contributed by atoms with van der Waals surface area (Å²) >= 11 is 8.96. The zero-order valence-corrected chi connectivity index (χ0v) is 12.7. The molecule has 102 valence electrons. The number of hydrogen-bond acceptors (Lipinski definition) is 3. The van der Waals surface area contributed by atoms with Crippen LogP contribution in [0.2, 0.25) is 0 Å². The lowest BCUT2D eigenvalue weighted by molar-refractivity contribution is -0.137. The Balaban J connectivity index is 3.04. The van der Waals surface area contributed by atoms with Crippen LogP contribution in [-0.2, 0) is 9.53 Å². The van der Waals surface area contributed by atoms with Crippen LogP contribution in [-0.4, -0.2) is 24.3 Å². The molecule has 0 heterocycles. The summed E-state index contributed by atoms with van der Waals surface area (Å²) in [6.45, 7) is 2.09. The van der Waals surface area contributed by atoms with Crippen molar-refractivity contribution in [1.82, 2.24) is 0 Å². The highest BCUT2D eigenvalue weighted by Gasteiger charge is 2.02. The van der Waals surface area contributed by atoms with Gasteiger partial charge in [-0.15, -0.1) is 11.6 Å². The molecule has 1 rings (SSSR count). The lowest BCUT2D eigenvalue weighted by Gasteiger charge is -2.03. The van der Waals surface area contributed by atoms with E-state index >= 15 is 0 Å². The fourth-order valence-corrected chi connectivity index (χ4v) is 1.73. The molecule has 0 aromatic heterocycles. The molecule has 0 saturated carbocycles. The molecule has 0 radical (unpaired) electrons. The Kier molecular flexibility index (Phi) is 6.59. The zero-order valence-electron chi connectivity index (χ0n) is 10.4. The van der Waals surface area contributed by atoms with Gasteiger partial charge in [0.05, 0.1) is 18.2 Å². The van der Waals surface area contributed by atoms with Crippen LogP contribution >= 0.6 is 27.5 Å². The molecule has 1 aromatic rings. The first-order chi connectivity index (χ1) is 9.06. The third kappa shape index (κ3) is 5.44. The Labute approximate surface area is 125 Å². The molecule has 1 aromatic carbocycles. The molecular weight excluding hydrogens is 332 g/mol. The van der Waals surface area contributed by atoms with Gasteiger partial charge in [-0.2, -0.15) is 0 Å². The van der Waals surface area contributed by atoms with E-state index in [-0.39, 0.29) is 5.88 Å². The van der Waals surface area contributed by atoms with Crippen LogP contribution in [0, 0.1) is 0 Å². The van der Waals surface area contributed by atoms with E-state index in [9.17, 15) is 4.79 Å². The summed E-state index contributed by atoms with van der Waals surface area (Å²) in [6.07, 6.45) is 2.98. The Bertz CT molecular complexity index is 515. The highest BCUT2D eigenvalue weighted by molar-refractivity contribution is 9.10. The summed E-state index contributed by atoms with van der Waals surface area (Å²) in [4.78, 5) is 15.5. The molecule has 19 heavy (non-hydrogen) atoms. The van der Waals surface area contributed by atoms with Crippen molar-refractivity contribution >= 4 is 51.1 Å². The van der Waals surface area contributed by atoms with E-state index in [1.54, 1.807) is 19.1 Å². The number of aliphatic imine (C=N–C) groups is 1. The van der Waals surface area contributed by atoms with E-state index in [0.717, 1.165) is 10.0 Å². The van der Waals surface area contributed by atoms with Crippen molar-refractivity contribution < 1.29 is 9.53 Å². The first kappa shape index (κ1) is 15.7. The van der Waals surface area contributed by atoms with Gasteiger partial charge in [0.2, 0.25) is 0 Å². The highest BCUT2D eigenvalue weighted by atomic mass is 79.9. The van der Waals surface area contributed by atoms with E-state index in [1.165, 1.54) is 6.08 Å². The number of carbonyl (C=O) groups excluding carboxylic acids is 1. The second-order valence-corrected chi connectivity index (χ2v) is 4.71. The molecule has 4 nitrogen and oxygen atoms in total. The molecule has 0 unspecified atom stereocenters. The lowest BCUT2D eigenvalue weighted by atomic mass is 10.1. The van der Waals surface area contributed by atoms with Gasteiger partial charge in [-0.1, -0.05) is 15.9 Å². The van der Waals surface area contributed by atoms with Gasteiger partial charge in [0.25, 0.3) is 0 Å². The molecule has 0 fully saturated rings. The third-order valence-electron chi connectivity index (χ3n) is 2.08. The van der Waals surface area contributed by atoms with Crippen molar-refractivity contribution in [3.05, 3.63) is 34.3 Å². The molecular formula is C13H14BrClN2O2. The maximum Gasteiger partial charge on any atom is 0.330 e. The Hall–Kier alpha value is -1.33. The van der Waals surface area contributed by atoms with Gasteiger partial charge in [-0.3, -0.25) is 0 Å². The maximum atomic E-state index is 11.3. The summed E-state index contributed by atoms with van der Waals surface area (Å²) in [6, 6.07) is 5.45. The topological polar surface area (TPSA) is 64.7 Å². The van der Waals surface area contributed by atoms with Crippen LogP contribution in [0.4, 0.5) is 5.69 Å². The monoisotopic (exact) mass is 344 g/mol. The molecule has 6 heteroatoms. The molecule has 0 bridgehead atoms. The average Bonchev–Trinajstić information content (AvgIpc) is 2.39. The standard InChI is InChI=1S/C13H14BrClN2O2/c1-2-19-13(18)6-3-9-7-10(14)4-5-11(9)17-12(16)8-15/h3-7H,2,8H2,1H3,(H2,16,17). The zero-order chi connectivity index (χ0) is 14.3. The van der Waals surface area contributed by atoms with Crippen molar-refractivity contribution in [2.45, 2.75) is 6.92 Å². The minimum absolute atomic E-state index is 0.150. The van der Waals surface area contributed by atoms with Crippen molar-refractivity contribution in [3.8, 4) is 0 Å². The summed E-state index contributed by atoms with van der Waals surface area (Å²) in [5, 5.41) is 0. The van der Waals surface area contributed by atoms with Crippen LogP contribution in [0.5, 0.6) is 0 Å². The predicted molar refractivity (Wildman–Crippen MR) is 81.8 cm³/mol. The number of halogens is 2. The van der Waals surface area contributed by atoms with E-state index in [1.807, 2.05) is 12.1 Å². The SMILES string of the molecule is CCOC(=O)C=Cc1cc(Br)ccc1N=C(N)CCl. The number of alkyl halides is 1. The van der Waals surface area contributed by atoms with E-state index in [2.05, 4.69) is 20.9 Å². The fourth-order valence-electron chi connectivity index (χ4n) is 1.29. The van der Waals surface area contributed by atoms with Crippen LogP contribution in [0.1, 0.15) is 12.5 Å². The fraction of sp³-hybridized carbons (Fsp3) is 0.231. The minimum Gasteiger partial charge on any atom is -0.463 e. The summed E-state index contributed by atoms with van der Waals surface area (Å²) in [5.41, 5.74) is 6.99.